The van der Waals surface area contributed by atoms with Gasteiger partial charge in [-0.1, -0.05) is 42.5 Å². The predicted molar refractivity (Wildman–Crippen MR) is 85.3 cm³/mol. The third-order valence-corrected chi connectivity index (χ3v) is 3.69. The molecule has 24 heavy (non-hydrogen) atoms. The van der Waals surface area contributed by atoms with E-state index >= 15 is 0 Å². The summed E-state index contributed by atoms with van der Waals surface area (Å²) in [6, 6.07) is 15.8. The van der Waals surface area contributed by atoms with Crippen LogP contribution in [0.1, 0.15) is 26.3 Å². The lowest BCUT2D eigenvalue weighted by Gasteiger charge is -2.06. The second-order valence-corrected chi connectivity index (χ2v) is 5.33. The van der Waals surface area contributed by atoms with Crippen LogP contribution in [-0.2, 0) is 0 Å². The molecule has 118 valence electrons. The number of rotatable bonds is 3. The van der Waals surface area contributed by atoms with Gasteiger partial charge < -0.3 is 4.90 Å². The van der Waals surface area contributed by atoms with E-state index in [9.17, 15) is 14.4 Å². The summed E-state index contributed by atoms with van der Waals surface area (Å²) in [7, 11) is 0. The Labute approximate surface area is 138 Å². The van der Waals surface area contributed by atoms with Gasteiger partial charge in [0.25, 0.3) is 5.91 Å². The van der Waals surface area contributed by atoms with Gasteiger partial charge in [-0.15, -0.1) is 0 Å². The summed E-state index contributed by atoms with van der Waals surface area (Å²) < 4.78 is 0. The smallest absolute Gasteiger partial charge is 0.303 e. The van der Waals surface area contributed by atoms with Crippen LogP contribution in [0.15, 0.2) is 54.6 Å². The van der Waals surface area contributed by atoms with Crippen molar-refractivity contribution in [2.24, 2.45) is 0 Å². The molecule has 3 rings (SSSR count). The number of ketones is 1. The molecular formula is C18H13N3O3. The Morgan fingerprint density at radius 2 is 1.54 bits per heavy atom. The Bertz CT molecular complexity index is 838. The molecule has 6 nitrogen and oxygen atoms in total. The van der Waals surface area contributed by atoms with Gasteiger partial charge in [0.1, 0.15) is 6.04 Å². The Morgan fingerprint density at radius 3 is 2.12 bits per heavy atom. The van der Waals surface area contributed by atoms with Crippen molar-refractivity contribution in [1.82, 2.24) is 10.2 Å². The molecule has 2 aromatic carbocycles. The van der Waals surface area contributed by atoms with E-state index in [0.29, 0.717) is 17.7 Å². The zero-order valence-electron chi connectivity index (χ0n) is 12.6. The summed E-state index contributed by atoms with van der Waals surface area (Å²) in [4.78, 5) is 37.2. The summed E-state index contributed by atoms with van der Waals surface area (Å²) in [6.07, 6.45) is 0. The van der Waals surface area contributed by atoms with Crippen LogP contribution >= 0.6 is 0 Å². The van der Waals surface area contributed by atoms with E-state index in [1.165, 1.54) is 17.0 Å². The fraction of sp³-hybridized carbons (Fsp3) is 0.111. The molecule has 3 amide bonds. The van der Waals surface area contributed by atoms with Gasteiger partial charge in [-0.2, -0.15) is 5.26 Å². The lowest BCUT2D eigenvalue weighted by molar-refractivity contribution is 0.0958. The Morgan fingerprint density at radius 1 is 0.958 bits per heavy atom. The van der Waals surface area contributed by atoms with E-state index in [-0.39, 0.29) is 11.3 Å². The van der Waals surface area contributed by atoms with Crippen LogP contribution in [-0.4, -0.2) is 35.2 Å². The average molecular weight is 319 g/mol. The zero-order valence-corrected chi connectivity index (χ0v) is 12.6. The maximum atomic E-state index is 12.3. The highest BCUT2D eigenvalue weighted by atomic mass is 16.2. The van der Waals surface area contributed by atoms with Crippen LogP contribution in [0.25, 0.3) is 0 Å². The highest BCUT2D eigenvalue weighted by Crippen LogP contribution is 2.16. The van der Waals surface area contributed by atoms with E-state index in [1.54, 1.807) is 36.4 Å². The quantitative estimate of drug-likeness (QED) is 0.692. The molecule has 1 saturated heterocycles. The van der Waals surface area contributed by atoms with Crippen molar-refractivity contribution < 1.29 is 14.4 Å². The second-order valence-electron chi connectivity index (χ2n) is 5.33. The molecular weight excluding hydrogens is 306 g/mol. The number of nitrogens with one attached hydrogen (secondary N) is 1. The molecule has 0 bridgehead atoms. The van der Waals surface area contributed by atoms with Crippen LogP contribution in [0.5, 0.6) is 0 Å². The minimum Gasteiger partial charge on any atom is -0.303 e. The zero-order chi connectivity index (χ0) is 17.1. The van der Waals surface area contributed by atoms with Gasteiger partial charge in [0.15, 0.2) is 5.78 Å². The summed E-state index contributed by atoms with van der Waals surface area (Å²) in [6.45, 7) is 0.333. The second kappa shape index (κ2) is 6.34. The number of benzene rings is 2. The van der Waals surface area contributed by atoms with E-state index in [4.69, 9.17) is 5.26 Å². The summed E-state index contributed by atoms with van der Waals surface area (Å²) in [5, 5.41) is 10.9. The molecule has 2 aromatic rings. The number of amides is 3. The molecule has 0 spiro atoms. The first-order valence-corrected chi connectivity index (χ1v) is 7.31. The Kier molecular flexibility index (Phi) is 4.08. The first kappa shape index (κ1) is 15.4. The molecule has 0 aliphatic carbocycles. The lowest BCUT2D eigenvalue weighted by atomic mass is 10.0. The van der Waals surface area contributed by atoms with Crippen LogP contribution in [0.3, 0.4) is 0 Å². The lowest BCUT2D eigenvalue weighted by Crippen LogP contribution is -2.34. The van der Waals surface area contributed by atoms with Crippen LogP contribution in [0, 0.1) is 11.3 Å². The molecule has 1 N–H and O–H groups in total. The van der Waals surface area contributed by atoms with Gasteiger partial charge in [-0.05, 0) is 12.1 Å². The number of imide groups is 1. The number of hydrogen-bond acceptors (Lipinski definition) is 4. The number of urea groups is 1. The standard InChI is InChI=1S/C18H13N3O3/c19-10-15-11-21(15)18(24)20-17(23)14-8-6-13(7-9-14)16(22)12-4-2-1-3-5-12/h1-9,15H,11H2,(H,20,23,24). The maximum absolute atomic E-state index is 12.3. The van der Waals surface area contributed by atoms with E-state index in [0.717, 1.165) is 0 Å². The van der Waals surface area contributed by atoms with Crippen molar-refractivity contribution in [3.05, 3.63) is 71.3 Å². The van der Waals surface area contributed by atoms with Crippen molar-refractivity contribution in [2.75, 3.05) is 6.54 Å². The van der Waals surface area contributed by atoms with Crippen LogP contribution in [0.4, 0.5) is 4.79 Å². The molecule has 1 heterocycles. The van der Waals surface area contributed by atoms with Gasteiger partial charge >= 0.3 is 6.03 Å². The van der Waals surface area contributed by atoms with Crippen molar-refractivity contribution in [3.63, 3.8) is 0 Å². The molecule has 1 unspecified atom stereocenters. The van der Waals surface area contributed by atoms with Crippen molar-refractivity contribution in [1.29, 1.82) is 5.26 Å². The maximum Gasteiger partial charge on any atom is 0.325 e. The molecule has 6 heteroatoms. The SMILES string of the molecule is N#CC1CN1C(=O)NC(=O)c1ccc(C(=O)c2ccccc2)cc1. The van der Waals surface area contributed by atoms with Gasteiger partial charge in [-0.25, -0.2) is 4.79 Å². The number of hydrogen-bond donors (Lipinski definition) is 1. The average Bonchev–Trinajstić information content (AvgIpc) is 3.42. The Hall–Kier alpha value is -3.46. The topological polar surface area (TPSA) is 90.0 Å². The minimum absolute atomic E-state index is 0.139. The number of carbonyl (C=O) groups excluding carboxylic acids is 3. The normalized spacial score (nSPS) is 15.3. The van der Waals surface area contributed by atoms with E-state index in [2.05, 4.69) is 5.32 Å². The molecule has 0 aromatic heterocycles. The number of nitriles is 1. The predicted octanol–water partition coefficient (Wildman–Crippen LogP) is 1.98. The van der Waals surface area contributed by atoms with Gasteiger partial charge in [0, 0.05) is 16.7 Å². The number of carbonyl (C=O) groups is 3. The van der Waals surface area contributed by atoms with Gasteiger partial charge in [0.05, 0.1) is 12.6 Å². The summed E-state index contributed by atoms with van der Waals surface area (Å²) >= 11 is 0. The monoisotopic (exact) mass is 319 g/mol. The van der Waals surface area contributed by atoms with E-state index < -0.39 is 18.0 Å². The highest BCUT2D eigenvalue weighted by Gasteiger charge is 2.39. The fourth-order valence-corrected chi connectivity index (χ4v) is 2.24. The summed E-state index contributed by atoms with van der Waals surface area (Å²) in [5.74, 6) is -0.707. The van der Waals surface area contributed by atoms with E-state index in [1.807, 2.05) is 12.1 Å². The first-order valence-electron chi connectivity index (χ1n) is 7.31. The molecule has 1 fully saturated rings. The third kappa shape index (κ3) is 3.15. The van der Waals surface area contributed by atoms with Crippen molar-refractivity contribution in [3.8, 4) is 6.07 Å². The minimum atomic E-state index is -0.587. The largest absolute Gasteiger partial charge is 0.325 e. The van der Waals surface area contributed by atoms with Crippen molar-refractivity contribution >= 4 is 17.7 Å². The third-order valence-electron chi connectivity index (χ3n) is 3.69. The molecule has 1 aliphatic heterocycles. The molecule has 1 atom stereocenters. The molecule has 0 saturated carbocycles. The number of nitrogens with zero attached hydrogens (tertiary/aromatic N) is 2. The summed E-state index contributed by atoms with van der Waals surface area (Å²) in [5.41, 5.74) is 1.29. The first-order chi connectivity index (χ1) is 11.6. The van der Waals surface area contributed by atoms with Crippen LogP contribution in [0.2, 0.25) is 0 Å². The molecule has 0 radical (unpaired) electrons. The molecule has 1 aliphatic rings. The Balaban J connectivity index is 1.66. The van der Waals surface area contributed by atoms with Gasteiger partial charge in [-0.3, -0.25) is 14.9 Å². The van der Waals surface area contributed by atoms with Crippen LogP contribution < -0.4 is 5.32 Å². The fourth-order valence-electron chi connectivity index (χ4n) is 2.24. The van der Waals surface area contributed by atoms with Gasteiger partial charge in [0.2, 0.25) is 0 Å². The highest BCUT2D eigenvalue weighted by molar-refractivity contribution is 6.10. The van der Waals surface area contributed by atoms with Crippen molar-refractivity contribution in [2.45, 2.75) is 6.04 Å².